The van der Waals surface area contributed by atoms with E-state index in [4.69, 9.17) is 10.2 Å². The van der Waals surface area contributed by atoms with Crippen molar-refractivity contribution in [1.29, 1.82) is 0 Å². The van der Waals surface area contributed by atoms with Gasteiger partial charge >= 0.3 is 0 Å². The van der Waals surface area contributed by atoms with E-state index in [0.717, 1.165) is 23.8 Å². The number of nitrogens with two attached hydrogens (primary N) is 1. The number of thioether (sulfide) groups is 1. The van der Waals surface area contributed by atoms with Crippen molar-refractivity contribution in [3.8, 4) is 0 Å². The fraction of sp³-hybridized carbons (Fsp3) is 0.700. The summed E-state index contributed by atoms with van der Waals surface area (Å²) in [6, 6.07) is 0. The molecule has 1 aliphatic heterocycles. The highest BCUT2D eigenvalue weighted by molar-refractivity contribution is 7.99. The van der Waals surface area contributed by atoms with Crippen LogP contribution in [0.15, 0.2) is 10.7 Å². The van der Waals surface area contributed by atoms with E-state index in [2.05, 4.69) is 11.9 Å². The molecule has 4 heteroatoms. The topological polar surface area (TPSA) is 52.0 Å². The van der Waals surface area contributed by atoms with E-state index in [1.165, 1.54) is 12.2 Å². The Morgan fingerprint density at radius 1 is 1.71 bits per heavy atom. The zero-order chi connectivity index (χ0) is 10.0. The average molecular weight is 212 g/mol. The van der Waals surface area contributed by atoms with Crippen LogP contribution in [0.5, 0.6) is 0 Å². The van der Waals surface area contributed by atoms with Gasteiger partial charge in [0.2, 0.25) is 5.89 Å². The van der Waals surface area contributed by atoms with Gasteiger partial charge in [0.15, 0.2) is 0 Å². The molecular weight excluding hydrogens is 196 g/mol. The second-order valence-corrected chi connectivity index (χ2v) is 5.15. The Morgan fingerprint density at radius 3 is 3.21 bits per heavy atom. The highest BCUT2D eigenvalue weighted by Crippen LogP contribution is 2.37. The van der Waals surface area contributed by atoms with Crippen LogP contribution < -0.4 is 5.73 Å². The Kier molecular flexibility index (Phi) is 2.83. The highest BCUT2D eigenvalue weighted by Gasteiger charge is 2.35. The van der Waals surface area contributed by atoms with Gasteiger partial charge in [-0.15, -0.1) is 0 Å². The van der Waals surface area contributed by atoms with E-state index in [9.17, 15) is 0 Å². The lowest BCUT2D eigenvalue weighted by molar-refractivity contribution is 0.375. The van der Waals surface area contributed by atoms with Crippen molar-refractivity contribution in [3.63, 3.8) is 0 Å². The van der Waals surface area contributed by atoms with Crippen molar-refractivity contribution >= 4 is 11.8 Å². The molecule has 0 bridgehead atoms. The lowest BCUT2D eigenvalue weighted by Crippen LogP contribution is -2.21. The summed E-state index contributed by atoms with van der Waals surface area (Å²) < 4.78 is 5.52. The maximum atomic E-state index is 5.52. The molecule has 0 aliphatic carbocycles. The van der Waals surface area contributed by atoms with E-state index >= 15 is 0 Å². The Morgan fingerprint density at radius 2 is 2.57 bits per heavy atom. The molecule has 1 atom stereocenters. The molecule has 2 rings (SSSR count). The highest BCUT2D eigenvalue weighted by atomic mass is 32.2. The first-order chi connectivity index (χ1) is 6.74. The summed E-state index contributed by atoms with van der Waals surface area (Å²) in [6.07, 6.45) is 3.73. The first-order valence-electron chi connectivity index (χ1n) is 4.97. The normalized spacial score (nSPS) is 27.0. The monoisotopic (exact) mass is 212 g/mol. The van der Waals surface area contributed by atoms with Gasteiger partial charge < -0.3 is 10.2 Å². The van der Waals surface area contributed by atoms with E-state index in [1.54, 1.807) is 6.26 Å². The largest absolute Gasteiger partial charge is 0.448 e. The summed E-state index contributed by atoms with van der Waals surface area (Å²) in [5.41, 5.74) is 6.61. The predicted octanol–water partition coefficient (Wildman–Crippen LogP) is 1.57. The van der Waals surface area contributed by atoms with Crippen LogP contribution >= 0.6 is 11.8 Å². The summed E-state index contributed by atoms with van der Waals surface area (Å²) in [6.45, 7) is 2.86. The zero-order valence-electron chi connectivity index (χ0n) is 8.45. The molecule has 1 fully saturated rings. The molecule has 0 radical (unpaired) electrons. The third kappa shape index (κ3) is 1.81. The molecule has 0 spiro atoms. The minimum absolute atomic E-state index is 0.150. The molecular formula is C10H16N2OS. The minimum Gasteiger partial charge on any atom is -0.448 e. The molecule has 1 unspecified atom stereocenters. The number of hydrogen-bond donors (Lipinski definition) is 1. The van der Waals surface area contributed by atoms with Crippen LogP contribution in [0.1, 0.15) is 24.9 Å². The summed E-state index contributed by atoms with van der Waals surface area (Å²) in [7, 11) is 0. The number of oxazole rings is 1. The third-order valence-corrected chi connectivity index (χ3v) is 4.02. The van der Waals surface area contributed by atoms with Crippen molar-refractivity contribution in [2.75, 3.05) is 18.1 Å². The van der Waals surface area contributed by atoms with E-state index in [-0.39, 0.29) is 5.41 Å². The average Bonchev–Trinajstić information content (AvgIpc) is 2.75. The number of nitrogens with zero attached hydrogens (tertiary/aromatic N) is 1. The van der Waals surface area contributed by atoms with Crippen LogP contribution in [0.25, 0.3) is 0 Å². The molecule has 1 saturated heterocycles. The van der Waals surface area contributed by atoms with Crippen LogP contribution in [0.3, 0.4) is 0 Å². The predicted molar refractivity (Wildman–Crippen MR) is 58.6 cm³/mol. The van der Waals surface area contributed by atoms with E-state index < -0.39 is 0 Å². The van der Waals surface area contributed by atoms with Gasteiger partial charge in [-0.1, -0.05) is 6.92 Å². The number of aromatic nitrogens is 1. The minimum atomic E-state index is 0.150. The lowest BCUT2D eigenvalue weighted by Gasteiger charge is -2.17. The summed E-state index contributed by atoms with van der Waals surface area (Å²) in [4.78, 5) is 4.49. The zero-order valence-corrected chi connectivity index (χ0v) is 9.27. The second kappa shape index (κ2) is 3.95. The van der Waals surface area contributed by atoms with Crippen molar-refractivity contribution in [2.45, 2.75) is 25.2 Å². The summed E-state index contributed by atoms with van der Waals surface area (Å²) in [5.74, 6) is 3.23. The van der Waals surface area contributed by atoms with Gasteiger partial charge in [-0.05, 0) is 18.7 Å². The fourth-order valence-corrected chi connectivity index (χ4v) is 3.14. The quantitative estimate of drug-likeness (QED) is 0.826. The van der Waals surface area contributed by atoms with Crippen molar-refractivity contribution in [3.05, 3.63) is 17.8 Å². The van der Waals surface area contributed by atoms with Crippen LogP contribution in [0, 0.1) is 0 Å². The SMILES string of the molecule is CC1(c2nc(CCN)co2)CCSC1. The van der Waals surface area contributed by atoms with Gasteiger partial charge in [-0.2, -0.15) is 11.8 Å². The van der Waals surface area contributed by atoms with Gasteiger partial charge in [-0.3, -0.25) is 0 Å². The van der Waals surface area contributed by atoms with Gasteiger partial charge in [0.1, 0.15) is 6.26 Å². The molecule has 0 saturated carbocycles. The Balaban J connectivity index is 2.15. The van der Waals surface area contributed by atoms with Gasteiger partial charge in [0.05, 0.1) is 11.1 Å². The molecule has 2 N–H and O–H groups in total. The summed E-state index contributed by atoms with van der Waals surface area (Å²) in [5, 5.41) is 0. The van der Waals surface area contributed by atoms with Crippen LogP contribution in [-0.4, -0.2) is 23.0 Å². The van der Waals surface area contributed by atoms with E-state index in [0.29, 0.717) is 6.54 Å². The second-order valence-electron chi connectivity index (χ2n) is 4.05. The van der Waals surface area contributed by atoms with Crippen LogP contribution in [0.2, 0.25) is 0 Å². The maximum Gasteiger partial charge on any atom is 0.201 e. The van der Waals surface area contributed by atoms with Crippen molar-refractivity contribution < 1.29 is 4.42 Å². The summed E-state index contributed by atoms with van der Waals surface area (Å²) >= 11 is 1.97. The van der Waals surface area contributed by atoms with Gasteiger partial charge in [-0.25, -0.2) is 4.98 Å². The molecule has 0 aromatic carbocycles. The number of hydrogen-bond acceptors (Lipinski definition) is 4. The first-order valence-corrected chi connectivity index (χ1v) is 6.13. The van der Waals surface area contributed by atoms with E-state index in [1.807, 2.05) is 11.8 Å². The smallest absolute Gasteiger partial charge is 0.201 e. The first kappa shape index (κ1) is 10.1. The van der Waals surface area contributed by atoms with Gasteiger partial charge in [0.25, 0.3) is 0 Å². The molecule has 78 valence electrons. The molecule has 1 aromatic rings. The van der Waals surface area contributed by atoms with Crippen molar-refractivity contribution in [2.24, 2.45) is 5.73 Å². The molecule has 14 heavy (non-hydrogen) atoms. The molecule has 1 aliphatic rings. The molecule has 3 nitrogen and oxygen atoms in total. The van der Waals surface area contributed by atoms with Gasteiger partial charge in [0, 0.05) is 12.2 Å². The van der Waals surface area contributed by atoms with Crippen LogP contribution in [-0.2, 0) is 11.8 Å². The Labute approximate surface area is 88.5 Å². The lowest BCUT2D eigenvalue weighted by atomic mass is 9.90. The number of rotatable bonds is 3. The Bertz CT molecular complexity index is 305. The fourth-order valence-electron chi connectivity index (χ4n) is 1.68. The van der Waals surface area contributed by atoms with Crippen molar-refractivity contribution in [1.82, 2.24) is 4.98 Å². The standard InChI is InChI=1S/C10H16N2OS/c1-10(3-5-14-7-10)9-12-8(2-4-11)6-13-9/h6H,2-5,7,11H2,1H3. The molecule has 2 heterocycles. The molecule has 0 amide bonds. The Hall–Kier alpha value is -0.480. The van der Waals surface area contributed by atoms with Crippen LogP contribution in [0.4, 0.5) is 0 Å². The molecule has 1 aromatic heterocycles. The third-order valence-electron chi connectivity index (χ3n) is 2.69. The maximum absolute atomic E-state index is 5.52.